The van der Waals surface area contributed by atoms with E-state index in [-0.39, 0.29) is 36.2 Å². The van der Waals surface area contributed by atoms with E-state index in [1.807, 2.05) is 0 Å². The summed E-state index contributed by atoms with van der Waals surface area (Å²) >= 11 is 0. The molecule has 0 aromatic rings. The zero-order valence-corrected chi connectivity index (χ0v) is 15.0. The minimum Gasteiger partial charge on any atom is -0.726 e. The molecule has 5 nitrogen and oxygen atoms in total. The molecule has 0 amide bonds. The molecule has 0 rings (SSSR count). The Hall–Kier alpha value is 0.830. The van der Waals surface area contributed by atoms with Crippen LogP contribution >= 0.6 is 0 Å². The van der Waals surface area contributed by atoms with Gasteiger partial charge < -0.3 is 9.29 Å². The van der Waals surface area contributed by atoms with E-state index >= 15 is 0 Å². The molecule has 0 fully saturated rings. The largest absolute Gasteiger partial charge is 1.00 e. The average molecular weight is 304 g/mol. The van der Waals surface area contributed by atoms with Crippen molar-refractivity contribution in [1.82, 2.24) is 0 Å². The van der Waals surface area contributed by atoms with Gasteiger partial charge in [0.2, 0.25) is 10.4 Å². The van der Waals surface area contributed by atoms with Gasteiger partial charge in [0.1, 0.15) is 0 Å². The Morgan fingerprint density at radius 3 is 1.89 bits per heavy atom. The topological polar surface area (TPSA) is 75.7 Å². The second-order valence-corrected chi connectivity index (χ2v) is 5.37. The molecular weight excluding hydrogens is 279 g/mol. The molecule has 0 unspecified atom stereocenters. The number of unbranched alkanes of at least 4 members (excludes halogenated alkanes) is 6. The summed E-state index contributed by atoms with van der Waals surface area (Å²) in [6.45, 7) is 3.50. The fourth-order valence-corrected chi connectivity index (χ4v) is 1.88. The third-order valence-corrected chi connectivity index (χ3v) is 3.01. The van der Waals surface area contributed by atoms with Crippen LogP contribution in [-0.4, -0.2) is 32.8 Å². The monoisotopic (exact) mass is 304 g/mol. The Morgan fingerprint density at radius 1 is 0.842 bits per heavy atom. The van der Waals surface area contributed by atoms with Gasteiger partial charge in [-0.25, -0.2) is 8.42 Å². The van der Waals surface area contributed by atoms with Gasteiger partial charge in [0.15, 0.2) is 0 Å². The van der Waals surface area contributed by atoms with Crippen molar-refractivity contribution < 1.29 is 51.4 Å². The Morgan fingerprint density at radius 2 is 1.32 bits per heavy atom. The van der Waals surface area contributed by atoms with Crippen molar-refractivity contribution in [2.45, 2.75) is 58.3 Å². The Labute approximate surface area is 139 Å². The number of hydrogen-bond acceptors (Lipinski definition) is 5. The first-order valence-electron chi connectivity index (χ1n) is 6.74. The zero-order chi connectivity index (χ0) is 13.7. The second kappa shape index (κ2) is 15.2. The molecule has 19 heavy (non-hydrogen) atoms. The van der Waals surface area contributed by atoms with Gasteiger partial charge in [-0.1, -0.05) is 39.0 Å². The van der Waals surface area contributed by atoms with Crippen LogP contribution in [0.3, 0.4) is 0 Å². The van der Waals surface area contributed by atoms with Crippen LogP contribution in [0.2, 0.25) is 0 Å². The molecule has 0 bridgehead atoms. The molecule has 110 valence electrons. The Balaban J connectivity index is 0. The molecule has 0 aliphatic heterocycles. The van der Waals surface area contributed by atoms with Crippen LogP contribution < -0.4 is 29.6 Å². The summed E-state index contributed by atoms with van der Waals surface area (Å²) in [5, 5.41) is 0. The minimum absolute atomic E-state index is 0. The normalized spacial score (nSPS) is 11.3. The van der Waals surface area contributed by atoms with Gasteiger partial charge in [-0.05, 0) is 19.3 Å². The summed E-state index contributed by atoms with van der Waals surface area (Å²) in [5.41, 5.74) is 0. The first-order valence-corrected chi connectivity index (χ1v) is 8.07. The molecule has 0 saturated carbocycles. The van der Waals surface area contributed by atoms with E-state index in [4.69, 9.17) is 4.74 Å². The quantitative estimate of drug-likeness (QED) is 0.201. The Kier molecular flexibility index (Phi) is 17.7. The average Bonchev–Trinajstić information content (AvgIpc) is 2.29. The third kappa shape index (κ3) is 21.3. The summed E-state index contributed by atoms with van der Waals surface area (Å²) in [6, 6.07) is 0. The standard InChI is InChI=1S/C12H26O5S.Na/c1-2-3-4-5-6-7-10-16-11-8-9-12-17-18(13,14)15;/h2-12H2,1H3,(H,13,14,15);/q;+1/p-1. The van der Waals surface area contributed by atoms with Crippen molar-refractivity contribution in [1.29, 1.82) is 0 Å². The molecule has 0 aromatic carbocycles. The van der Waals surface area contributed by atoms with E-state index in [1.54, 1.807) is 0 Å². The van der Waals surface area contributed by atoms with Crippen molar-refractivity contribution in [2.24, 2.45) is 0 Å². The summed E-state index contributed by atoms with van der Waals surface area (Å²) in [4.78, 5) is 0. The van der Waals surface area contributed by atoms with Crippen molar-refractivity contribution in [3.63, 3.8) is 0 Å². The van der Waals surface area contributed by atoms with Crippen LogP contribution in [0.4, 0.5) is 0 Å². The molecule has 0 aliphatic rings. The van der Waals surface area contributed by atoms with Crippen LogP contribution in [0.1, 0.15) is 58.3 Å². The maximum Gasteiger partial charge on any atom is 1.00 e. The molecule has 0 atom stereocenters. The summed E-state index contributed by atoms with van der Waals surface area (Å²) in [6.07, 6.45) is 8.67. The maximum atomic E-state index is 10.1. The fraction of sp³-hybridized carbons (Fsp3) is 1.00. The van der Waals surface area contributed by atoms with Crippen LogP contribution in [0.25, 0.3) is 0 Å². The molecule has 0 N–H and O–H groups in total. The summed E-state index contributed by atoms with van der Waals surface area (Å²) < 4.78 is 39.8. The molecule has 0 spiro atoms. The van der Waals surface area contributed by atoms with Crippen LogP contribution in [0.15, 0.2) is 0 Å². The van der Waals surface area contributed by atoms with Crippen LogP contribution in [0, 0.1) is 0 Å². The van der Waals surface area contributed by atoms with Gasteiger partial charge in [0, 0.05) is 13.2 Å². The molecule has 0 aromatic heterocycles. The zero-order valence-electron chi connectivity index (χ0n) is 12.2. The van der Waals surface area contributed by atoms with Crippen molar-refractivity contribution >= 4 is 10.4 Å². The number of ether oxygens (including phenoxy) is 1. The van der Waals surface area contributed by atoms with E-state index in [1.165, 1.54) is 32.1 Å². The van der Waals surface area contributed by atoms with Crippen molar-refractivity contribution in [2.75, 3.05) is 19.8 Å². The van der Waals surface area contributed by atoms with Gasteiger partial charge in [0.25, 0.3) is 0 Å². The first-order chi connectivity index (χ1) is 8.56. The van der Waals surface area contributed by atoms with Gasteiger partial charge in [-0.2, -0.15) is 0 Å². The van der Waals surface area contributed by atoms with Gasteiger partial charge in [0.05, 0.1) is 6.61 Å². The van der Waals surface area contributed by atoms with Gasteiger partial charge in [-0.15, -0.1) is 0 Å². The molecule has 0 radical (unpaired) electrons. The van der Waals surface area contributed by atoms with E-state index in [0.717, 1.165) is 13.0 Å². The number of hydrogen-bond donors (Lipinski definition) is 0. The minimum atomic E-state index is -4.53. The predicted molar refractivity (Wildman–Crippen MR) is 69.1 cm³/mol. The smallest absolute Gasteiger partial charge is 0.726 e. The van der Waals surface area contributed by atoms with Crippen LogP contribution in [-0.2, 0) is 19.3 Å². The molecule has 0 aliphatic carbocycles. The van der Waals surface area contributed by atoms with Gasteiger partial charge in [-0.3, -0.25) is 4.18 Å². The van der Waals surface area contributed by atoms with E-state index in [0.29, 0.717) is 19.4 Å². The first kappa shape index (κ1) is 22.1. The SMILES string of the molecule is CCCCCCCCOCCCCOS(=O)(=O)[O-].[Na+]. The fourth-order valence-electron chi connectivity index (χ4n) is 1.55. The molecule has 0 saturated heterocycles. The predicted octanol–water partition coefficient (Wildman–Crippen LogP) is -0.375. The van der Waals surface area contributed by atoms with E-state index in [2.05, 4.69) is 11.1 Å². The van der Waals surface area contributed by atoms with Gasteiger partial charge >= 0.3 is 29.6 Å². The van der Waals surface area contributed by atoms with Crippen molar-refractivity contribution in [3.05, 3.63) is 0 Å². The van der Waals surface area contributed by atoms with E-state index < -0.39 is 10.4 Å². The third-order valence-electron chi connectivity index (χ3n) is 2.55. The molecular formula is C12H25NaO5S. The second-order valence-electron chi connectivity index (χ2n) is 4.32. The molecule has 0 heterocycles. The number of rotatable bonds is 13. The summed E-state index contributed by atoms with van der Waals surface area (Å²) in [5.74, 6) is 0. The maximum absolute atomic E-state index is 10.1. The molecule has 7 heteroatoms. The Bertz CT molecular complexity index is 269. The van der Waals surface area contributed by atoms with E-state index in [9.17, 15) is 13.0 Å². The summed E-state index contributed by atoms with van der Waals surface area (Å²) in [7, 11) is -4.53. The van der Waals surface area contributed by atoms with Crippen LogP contribution in [0.5, 0.6) is 0 Å². The van der Waals surface area contributed by atoms with Crippen molar-refractivity contribution in [3.8, 4) is 0 Å².